The standard InChI is InChI=1S/C26H30ClFN6O/c1-16-10-19(13-33(12-16)14-20-22(27)4-3-5-23(20)28)30-26(35)34-9-7-24-21(15-34)25(32-31-24)18-6-8-29-17(2)11-18/h3-6,8,11,16,19H,7,9-10,12-15H2,1-2H3,(H,30,35)(H,31,32). The van der Waals surface area contributed by atoms with Gasteiger partial charge in [0.15, 0.2) is 0 Å². The molecule has 9 heteroatoms. The Kier molecular flexibility index (Phi) is 6.75. The van der Waals surface area contributed by atoms with Gasteiger partial charge in [0.05, 0.1) is 12.2 Å². The maximum atomic E-state index is 14.3. The molecule has 2 atom stereocenters. The Labute approximate surface area is 209 Å². The number of carbonyl (C=O) groups excluding carboxylic acids is 1. The van der Waals surface area contributed by atoms with E-state index in [1.807, 2.05) is 24.0 Å². The maximum absolute atomic E-state index is 14.3. The second kappa shape index (κ2) is 9.95. The molecular formula is C26H30ClFN6O. The Morgan fingerprint density at radius 2 is 2.17 bits per heavy atom. The Bertz CT molecular complexity index is 1210. The van der Waals surface area contributed by atoms with Crippen LogP contribution < -0.4 is 5.32 Å². The molecule has 1 fully saturated rings. The minimum absolute atomic E-state index is 0.00939. The number of hydrogen-bond donors (Lipinski definition) is 2. The van der Waals surface area contributed by atoms with Crippen LogP contribution in [0.5, 0.6) is 0 Å². The van der Waals surface area contributed by atoms with Crippen molar-refractivity contribution in [2.45, 2.75) is 45.8 Å². The van der Waals surface area contributed by atoms with Crippen molar-refractivity contribution < 1.29 is 9.18 Å². The lowest BCUT2D eigenvalue weighted by Crippen LogP contribution is -2.53. The number of H-pyrrole nitrogens is 1. The lowest BCUT2D eigenvalue weighted by molar-refractivity contribution is 0.133. The Morgan fingerprint density at radius 3 is 2.97 bits per heavy atom. The van der Waals surface area contributed by atoms with E-state index in [0.29, 0.717) is 42.7 Å². The number of nitrogens with one attached hydrogen (secondary N) is 2. The van der Waals surface area contributed by atoms with Gasteiger partial charge in [0.2, 0.25) is 0 Å². The van der Waals surface area contributed by atoms with Gasteiger partial charge in [-0.1, -0.05) is 24.6 Å². The Hall–Kier alpha value is -2.97. The molecule has 2 aliphatic rings. The highest BCUT2D eigenvalue weighted by Gasteiger charge is 2.30. The van der Waals surface area contributed by atoms with Crippen LogP contribution in [0.3, 0.4) is 0 Å². The number of aryl methyl sites for hydroxylation is 1. The number of amides is 2. The fourth-order valence-electron chi connectivity index (χ4n) is 5.27. The zero-order valence-corrected chi connectivity index (χ0v) is 20.8. The smallest absolute Gasteiger partial charge is 0.317 e. The van der Waals surface area contributed by atoms with Crippen LogP contribution in [0, 0.1) is 18.7 Å². The normalized spacial score (nSPS) is 20.5. The van der Waals surface area contributed by atoms with Gasteiger partial charge in [0, 0.05) is 77.9 Å². The van der Waals surface area contributed by atoms with Crippen LogP contribution in [-0.4, -0.2) is 56.7 Å². The van der Waals surface area contributed by atoms with E-state index in [1.54, 1.807) is 18.3 Å². The lowest BCUT2D eigenvalue weighted by Gasteiger charge is -2.38. The van der Waals surface area contributed by atoms with Crippen LogP contribution >= 0.6 is 11.6 Å². The number of aromatic nitrogens is 3. The molecule has 5 rings (SSSR count). The molecule has 0 spiro atoms. The van der Waals surface area contributed by atoms with Gasteiger partial charge < -0.3 is 10.2 Å². The number of benzene rings is 1. The summed E-state index contributed by atoms with van der Waals surface area (Å²) in [5.74, 6) is 0.0868. The van der Waals surface area contributed by atoms with Gasteiger partial charge in [-0.3, -0.25) is 15.0 Å². The molecule has 0 saturated carbocycles. The lowest BCUT2D eigenvalue weighted by atomic mass is 9.95. The van der Waals surface area contributed by atoms with Crippen molar-refractivity contribution >= 4 is 17.6 Å². The number of hydrogen-bond acceptors (Lipinski definition) is 4. The number of urea groups is 1. The summed E-state index contributed by atoms with van der Waals surface area (Å²) in [5, 5.41) is 11.4. The molecule has 1 aromatic carbocycles. The number of rotatable bonds is 4. The minimum atomic E-state index is -0.291. The fraction of sp³-hybridized carbons (Fsp3) is 0.423. The quantitative estimate of drug-likeness (QED) is 0.555. The number of nitrogens with zero attached hydrogens (tertiary/aromatic N) is 4. The monoisotopic (exact) mass is 496 g/mol. The zero-order chi connectivity index (χ0) is 24.5. The van der Waals surface area contributed by atoms with E-state index in [2.05, 4.69) is 32.3 Å². The van der Waals surface area contributed by atoms with Gasteiger partial charge in [-0.2, -0.15) is 5.10 Å². The molecule has 2 unspecified atom stereocenters. The van der Waals surface area contributed by atoms with Crippen LogP contribution in [0.25, 0.3) is 11.3 Å². The largest absolute Gasteiger partial charge is 0.334 e. The van der Waals surface area contributed by atoms with Crippen molar-refractivity contribution in [2.24, 2.45) is 5.92 Å². The van der Waals surface area contributed by atoms with Gasteiger partial charge in [-0.05, 0) is 43.5 Å². The number of fused-ring (bicyclic) bond motifs is 1. The van der Waals surface area contributed by atoms with Gasteiger partial charge in [-0.15, -0.1) is 0 Å². The summed E-state index contributed by atoms with van der Waals surface area (Å²) in [4.78, 5) is 21.6. The molecule has 0 bridgehead atoms. The molecular weight excluding hydrogens is 467 g/mol. The first-order valence-corrected chi connectivity index (χ1v) is 12.4. The highest BCUT2D eigenvalue weighted by molar-refractivity contribution is 6.31. The van der Waals surface area contributed by atoms with E-state index < -0.39 is 0 Å². The molecule has 184 valence electrons. The summed E-state index contributed by atoms with van der Waals surface area (Å²) in [7, 11) is 0. The number of likely N-dealkylation sites (tertiary alicyclic amines) is 1. The van der Waals surface area contributed by atoms with Crippen molar-refractivity contribution in [1.29, 1.82) is 0 Å². The summed E-state index contributed by atoms with van der Waals surface area (Å²) in [6.45, 7) is 7.19. The molecule has 3 aromatic rings. The van der Waals surface area contributed by atoms with Gasteiger partial charge in [-0.25, -0.2) is 9.18 Å². The molecule has 2 aliphatic heterocycles. The minimum Gasteiger partial charge on any atom is -0.334 e. The van der Waals surface area contributed by atoms with Crippen molar-refractivity contribution in [3.05, 3.63) is 69.9 Å². The molecule has 0 radical (unpaired) electrons. The third kappa shape index (κ3) is 5.18. The summed E-state index contributed by atoms with van der Waals surface area (Å²) < 4.78 is 14.3. The number of carbonyl (C=O) groups is 1. The second-order valence-electron chi connectivity index (χ2n) is 9.77. The van der Waals surface area contributed by atoms with Gasteiger partial charge >= 0.3 is 6.03 Å². The van der Waals surface area contributed by atoms with Crippen molar-refractivity contribution in [2.75, 3.05) is 19.6 Å². The second-order valence-corrected chi connectivity index (χ2v) is 10.2. The first kappa shape index (κ1) is 23.8. The highest BCUT2D eigenvalue weighted by atomic mass is 35.5. The topological polar surface area (TPSA) is 77.2 Å². The first-order chi connectivity index (χ1) is 16.9. The van der Waals surface area contributed by atoms with Crippen molar-refractivity contribution in [3.8, 4) is 11.3 Å². The number of pyridine rings is 1. The number of aromatic amines is 1. The summed E-state index contributed by atoms with van der Waals surface area (Å²) >= 11 is 6.25. The van der Waals surface area contributed by atoms with Gasteiger partial charge in [0.1, 0.15) is 5.82 Å². The zero-order valence-electron chi connectivity index (χ0n) is 20.0. The average Bonchev–Trinajstić information content (AvgIpc) is 3.24. The molecule has 35 heavy (non-hydrogen) atoms. The molecule has 7 nitrogen and oxygen atoms in total. The molecule has 1 saturated heterocycles. The fourth-order valence-corrected chi connectivity index (χ4v) is 5.49. The Morgan fingerprint density at radius 1 is 1.31 bits per heavy atom. The predicted molar refractivity (Wildman–Crippen MR) is 133 cm³/mol. The van der Waals surface area contributed by atoms with Crippen LogP contribution in [0.2, 0.25) is 5.02 Å². The molecule has 2 N–H and O–H groups in total. The van der Waals surface area contributed by atoms with E-state index in [-0.39, 0.29) is 17.9 Å². The number of halogens is 2. The van der Waals surface area contributed by atoms with Crippen LogP contribution in [0.4, 0.5) is 9.18 Å². The molecule has 2 aromatic heterocycles. The van der Waals surface area contributed by atoms with Crippen molar-refractivity contribution in [3.63, 3.8) is 0 Å². The third-order valence-corrected chi connectivity index (χ3v) is 7.25. The average molecular weight is 497 g/mol. The van der Waals surface area contributed by atoms with E-state index in [4.69, 9.17) is 11.6 Å². The third-order valence-electron chi connectivity index (χ3n) is 6.90. The van der Waals surface area contributed by atoms with E-state index >= 15 is 0 Å². The van der Waals surface area contributed by atoms with Crippen LogP contribution in [0.1, 0.15) is 35.9 Å². The molecule has 2 amide bonds. The summed E-state index contributed by atoms with van der Waals surface area (Å²) in [6.07, 6.45) is 3.40. The highest BCUT2D eigenvalue weighted by Crippen LogP contribution is 2.29. The maximum Gasteiger partial charge on any atom is 0.317 e. The summed E-state index contributed by atoms with van der Waals surface area (Å²) in [5.41, 5.74) is 5.46. The van der Waals surface area contributed by atoms with Crippen LogP contribution in [0.15, 0.2) is 36.5 Å². The van der Waals surface area contributed by atoms with E-state index in [0.717, 1.165) is 47.6 Å². The predicted octanol–water partition coefficient (Wildman–Crippen LogP) is 4.55. The molecule has 4 heterocycles. The Balaban J connectivity index is 1.25. The van der Waals surface area contributed by atoms with Crippen LogP contribution in [-0.2, 0) is 19.5 Å². The first-order valence-electron chi connectivity index (χ1n) is 12.1. The summed E-state index contributed by atoms with van der Waals surface area (Å²) in [6, 6.07) is 8.65. The molecule has 0 aliphatic carbocycles. The van der Waals surface area contributed by atoms with Crippen molar-refractivity contribution in [1.82, 2.24) is 30.3 Å². The SMILES string of the molecule is Cc1cc(-c2n[nH]c3c2CN(C(=O)NC2CC(C)CN(Cc4c(F)cccc4Cl)C2)CC3)ccn1. The number of piperidine rings is 1. The van der Waals surface area contributed by atoms with Gasteiger partial charge in [0.25, 0.3) is 0 Å². The van der Waals surface area contributed by atoms with E-state index in [9.17, 15) is 9.18 Å². The van der Waals surface area contributed by atoms with E-state index in [1.165, 1.54) is 6.07 Å².